The molecule has 152 valence electrons. The zero-order valence-electron chi connectivity index (χ0n) is 15.7. The van der Waals surface area contributed by atoms with Crippen LogP contribution in [0.1, 0.15) is 37.3 Å². The van der Waals surface area contributed by atoms with Crippen LogP contribution in [-0.4, -0.2) is 67.2 Å². The number of likely N-dealkylation sites (tertiary alicyclic amines) is 1. The van der Waals surface area contributed by atoms with Crippen LogP contribution in [-0.2, 0) is 9.53 Å². The molecule has 1 aliphatic carbocycles. The molecule has 0 unspecified atom stereocenters. The zero-order valence-corrected chi connectivity index (χ0v) is 17.4. The van der Waals surface area contributed by atoms with Gasteiger partial charge in [-0.15, -0.1) is 24.8 Å². The van der Waals surface area contributed by atoms with E-state index in [1.54, 1.807) is 0 Å². The Bertz CT molecular complexity index is 580. The first-order chi connectivity index (χ1) is 12.3. The molecule has 1 aromatic carbocycles. The van der Waals surface area contributed by atoms with E-state index >= 15 is 0 Å². The predicted molar refractivity (Wildman–Crippen MR) is 112 cm³/mol. The lowest BCUT2D eigenvalue weighted by Gasteiger charge is -2.43. The first kappa shape index (κ1) is 22.4. The molecule has 1 N–H and O–H groups in total. The molecule has 0 bridgehead atoms. The maximum atomic E-state index is 12.9. The van der Waals surface area contributed by atoms with Gasteiger partial charge in [-0.2, -0.15) is 0 Å². The van der Waals surface area contributed by atoms with E-state index in [4.69, 9.17) is 4.74 Å². The van der Waals surface area contributed by atoms with Crippen LogP contribution in [0.3, 0.4) is 0 Å². The van der Waals surface area contributed by atoms with Crippen molar-refractivity contribution in [3.63, 3.8) is 0 Å². The van der Waals surface area contributed by atoms with E-state index in [9.17, 15) is 4.79 Å². The van der Waals surface area contributed by atoms with Gasteiger partial charge in [0.1, 0.15) is 0 Å². The minimum atomic E-state index is 0. The van der Waals surface area contributed by atoms with Crippen molar-refractivity contribution in [1.82, 2.24) is 15.1 Å². The third kappa shape index (κ3) is 5.81. The number of hydrogen-bond donors (Lipinski definition) is 1. The van der Waals surface area contributed by atoms with Crippen LogP contribution in [0.2, 0.25) is 0 Å². The maximum Gasteiger partial charge on any atom is 0.237 e. The van der Waals surface area contributed by atoms with E-state index in [1.165, 1.54) is 31.2 Å². The number of halogens is 2. The molecule has 4 rings (SSSR count). The molecule has 2 saturated heterocycles. The van der Waals surface area contributed by atoms with Gasteiger partial charge in [0.05, 0.1) is 25.3 Å². The van der Waals surface area contributed by atoms with E-state index in [0.717, 1.165) is 19.6 Å². The van der Waals surface area contributed by atoms with Crippen molar-refractivity contribution in [1.29, 1.82) is 0 Å². The molecule has 0 spiro atoms. The smallest absolute Gasteiger partial charge is 0.237 e. The van der Waals surface area contributed by atoms with Crippen molar-refractivity contribution in [2.24, 2.45) is 0 Å². The van der Waals surface area contributed by atoms with Gasteiger partial charge in [-0.25, -0.2) is 0 Å². The summed E-state index contributed by atoms with van der Waals surface area (Å²) in [6.07, 6.45) is 5.01. The van der Waals surface area contributed by atoms with E-state index in [1.807, 2.05) is 6.07 Å². The molecule has 3 fully saturated rings. The first-order valence-electron chi connectivity index (χ1n) is 9.73. The third-order valence-corrected chi connectivity index (χ3v) is 5.57. The van der Waals surface area contributed by atoms with Crippen molar-refractivity contribution in [3.8, 4) is 0 Å². The predicted octanol–water partition coefficient (Wildman–Crippen LogP) is 2.65. The Morgan fingerprint density at radius 3 is 2.44 bits per heavy atom. The fourth-order valence-corrected chi connectivity index (χ4v) is 4.05. The van der Waals surface area contributed by atoms with Gasteiger partial charge in [0.25, 0.3) is 0 Å². The fraction of sp³-hybridized carbons (Fsp3) is 0.650. The molecule has 5 nitrogen and oxygen atoms in total. The van der Waals surface area contributed by atoms with Gasteiger partial charge in [-0.05, 0) is 44.3 Å². The minimum Gasteiger partial charge on any atom is -0.373 e. The number of carbonyl (C=O) groups excluding carboxylic acids is 1. The Balaban J connectivity index is 0.00000131. The number of amides is 1. The largest absolute Gasteiger partial charge is 0.373 e. The molecule has 3 aliphatic rings. The Labute approximate surface area is 174 Å². The second-order valence-electron chi connectivity index (χ2n) is 7.51. The van der Waals surface area contributed by atoms with Crippen LogP contribution in [0.4, 0.5) is 0 Å². The molecule has 1 saturated carbocycles. The van der Waals surface area contributed by atoms with Gasteiger partial charge in [-0.1, -0.05) is 30.3 Å². The Kier molecular flexibility index (Phi) is 8.83. The van der Waals surface area contributed by atoms with E-state index in [0.29, 0.717) is 25.7 Å². The Morgan fingerprint density at radius 2 is 1.78 bits per heavy atom. The summed E-state index contributed by atoms with van der Waals surface area (Å²) in [5, 5.41) is 3.37. The SMILES string of the molecule is Cl.Cl.O=C(CNC1CC1)N1CCO[C@@H](CN2CCCC2)[C@@H]1c1ccccc1. The molecule has 27 heavy (non-hydrogen) atoms. The quantitative estimate of drug-likeness (QED) is 0.775. The van der Waals surface area contributed by atoms with Crippen LogP contribution >= 0.6 is 24.8 Å². The molecule has 0 aromatic heterocycles. The molecule has 1 aromatic rings. The van der Waals surface area contributed by atoms with Crippen molar-refractivity contribution in [3.05, 3.63) is 35.9 Å². The van der Waals surface area contributed by atoms with E-state index < -0.39 is 0 Å². The van der Waals surface area contributed by atoms with Crippen LogP contribution in [0.5, 0.6) is 0 Å². The van der Waals surface area contributed by atoms with Crippen molar-refractivity contribution >= 4 is 30.7 Å². The highest BCUT2D eigenvalue weighted by molar-refractivity contribution is 5.85. The summed E-state index contributed by atoms with van der Waals surface area (Å²) in [5.41, 5.74) is 1.19. The highest BCUT2D eigenvalue weighted by Gasteiger charge is 2.37. The summed E-state index contributed by atoms with van der Waals surface area (Å²) in [5.74, 6) is 0.204. The van der Waals surface area contributed by atoms with Gasteiger partial charge >= 0.3 is 0 Å². The number of rotatable bonds is 6. The fourth-order valence-electron chi connectivity index (χ4n) is 4.05. The lowest BCUT2D eigenvalue weighted by molar-refractivity contribution is -0.147. The molecule has 0 radical (unpaired) electrons. The number of carbonyl (C=O) groups is 1. The van der Waals surface area contributed by atoms with Crippen molar-refractivity contribution < 1.29 is 9.53 Å². The van der Waals surface area contributed by atoms with Gasteiger partial charge in [0.2, 0.25) is 5.91 Å². The summed E-state index contributed by atoms with van der Waals surface area (Å²) in [7, 11) is 0. The molecule has 2 heterocycles. The summed E-state index contributed by atoms with van der Waals surface area (Å²) in [6.45, 7) is 4.99. The lowest BCUT2D eigenvalue weighted by Crippen LogP contribution is -2.53. The molecular weight excluding hydrogens is 385 g/mol. The minimum absolute atomic E-state index is 0. The topological polar surface area (TPSA) is 44.8 Å². The highest BCUT2D eigenvalue weighted by Crippen LogP contribution is 2.31. The normalized spacial score (nSPS) is 25.6. The Morgan fingerprint density at radius 1 is 1.07 bits per heavy atom. The number of hydrogen-bond acceptors (Lipinski definition) is 4. The summed E-state index contributed by atoms with van der Waals surface area (Å²) < 4.78 is 6.17. The van der Waals surface area contributed by atoms with Crippen molar-refractivity contribution in [2.45, 2.75) is 43.9 Å². The highest BCUT2D eigenvalue weighted by atomic mass is 35.5. The third-order valence-electron chi connectivity index (χ3n) is 5.57. The first-order valence-corrected chi connectivity index (χ1v) is 9.73. The second-order valence-corrected chi connectivity index (χ2v) is 7.51. The van der Waals surface area contributed by atoms with Gasteiger partial charge < -0.3 is 19.9 Å². The van der Waals surface area contributed by atoms with Crippen LogP contribution < -0.4 is 5.32 Å². The summed E-state index contributed by atoms with van der Waals surface area (Å²) >= 11 is 0. The number of morpholine rings is 1. The maximum absolute atomic E-state index is 12.9. The second kappa shape index (κ2) is 10.6. The molecule has 1 amide bonds. The monoisotopic (exact) mass is 415 g/mol. The van der Waals surface area contributed by atoms with Gasteiger partial charge in [0.15, 0.2) is 0 Å². The van der Waals surface area contributed by atoms with Crippen molar-refractivity contribution in [2.75, 3.05) is 39.3 Å². The Hall–Kier alpha value is -0.850. The molecule has 2 atom stereocenters. The number of nitrogens with one attached hydrogen (secondary N) is 1. The van der Waals surface area contributed by atoms with Crippen LogP contribution in [0.15, 0.2) is 30.3 Å². The number of benzene rings is 1. The molecule has 2 aliphatic heterocycles. The lowest BCUT2D eigenvalue weighted by atomic mass is 9.97. The van der Waals surface area contributed by atoms with Crippen LogP contribution in [0.25, 0.3) is 0 Å². The van der Waals surface area contributed by atoms with E-state index in [-0.39, 0.29) is 42.9 Å². The van der Waals surface area contributed by atoms with E-state index in [2.05, 4.69) is 39.4 Å². The standard InChI is InChI=1S/C20H29N3O2.2ClH/c24-19(14-21-17-8-9-17)23-12-13-25-18(15-22-10-4-5-11-22)20(23)16-6-2-1-3-7-16;;/h1-3,6-7,17-18,20-21H,4-5,8-15H2;2*1H/t18-,20-;;/m0../s1. The zero-order chi connectivity index (χ0) is 17.1. The van der Waals surface area contributed by atoms with Crippen LogP contribution in [0, 0.1) is 0 Å². The number of ether oxygens (including phenoxy) is 1. The van der Waals surface area contributed by atoms with Gasteiger partial charge in [0, 0.05) is 19.1 Å². The van der Waals surface area contributed by atoms with Gasteiger partial charge in [-0.3, -0.25) is 4.79 Å². The summed E-state index contributed by atoms with van der Waals surface area (Å²) in [4.78, 5) is 17.4. The molecule has 7 heteroatoms. The number of nitrogens with zero attached hydrogens (tertiary/aromatic N) is 2. The average Bonchev–Trinajstić information content (AvgIpc) is 3.35. The average molecular weight is 416 g/mol. The molecular formula is C20H31Cl2N3O2. The summed E-state index contributed by atoms with van der Waals surface area (Å²) in [6, 6.07) is 11.0.